The van der Waals surface area contributed by atoms with Gasteiger partial charge in [0.05, 0.1) is 17.2 Å². The Balaban J connectivity index is 1.37. The number of thioether (sulfide) groups is 1. The molecule has 3 aromatic carbocycles. The van der Waals surface area contributed by atoms with Gasteiger partial charge in [-0.05, 0) is 43.2 Å². The summed E-state index contributed by atoms with van der Waals surface area (Å²) < 4.78 is 5.90. The van der Waals surface area contributed by atoms with Crippen LogP contribution in [0.3, 0.4) is 0 Å². The Morgan fingerprint density at radius 2 is 1.62 bits per heavy atom. The zero-order valence-electron chi connectivity index (χ0n) is 18.7. The predicted octanol–water partition coefficient (Wildman–Crippen LogP) is 6.34. The molecule has 1 saturated heterocycles. The Kier molecular flexibility index (Phi) is 6.40. The number of para-hydroxylation sites is 1. The minimum atomic E-state index is -0.256. The summed E-state index contributed by atoms with van der Waals surface area (Å²) in [4.78, 5) is 14.9. The molecule has 168 valence electrons. The van der Waals surface area contributed by atoms with Gasteiger partial charge in [-0.2, -0.15) is 5.10 Å². The second-order valence-electron chi connectivity index (χ2n) is 8.00. The van der Waals surface area contributed by atoms with Crippen LogP contribution in [-0.4, -0.2) is 22.5 Å². The Labute approximate surface area is 202 Å². The quantitative estimate of drug-likeness (QED) is 0.247. The van der Waals surface area contributed by atoms with Gasteiger partial charge in [0.1, 0.15) is 11.5 Å². The van der Waals surface area contributed by atoms with Crippen LogP contribution in [0.1, 0.15) is 16.9 Å². The van der Waals surface area contributed by atoms with Crippen molar-refractivity contribution in [3.8, 4) is 11.3 Å². The van der Waals surface area contributed by atoms with E-state index in [4.69, 9.17) is 4.42 Å². The van der Waals surface area contributed by atoms with E-state index in [1.807, 2.05) is 84.9 Å². The maximum Gasteiger partial charge on any atom is 0.247 e. The van der Waals surface area contributed by atoms with Crippen LogP contribution in [-0.2, 0) is 11.2 Å². The molecule has 0 bridgehead atoms. The molecule has 0 saturated carbocycles. The number of carbonyl (C=O) groups excluding carboxylic acids is 1. The largest absolute Gasteiger partial charge is 0.455 e. The number of furan rings is 1. The molecule has 1 atom stereocenters. The molecule has 5 nitrogen and oxygen atoms in total. The molecule has 34 heavy (non-hydrogen) atoms. The first-order valence-electron chi connectivity index (χ1n) is 11.0. The molecular formula is C28H23N3O2S. The van der Waals surface area contributed by atoms with Crippen molar-refractivity contribution in [1.82, 2.24) is 0 Å². The van der Waals surface area contributed by atoms with Crippen molar-refractivity contribution in [3.05, 3.63) is 114 Å². The van der Waals surface area contributed by atoms with E-state index >= 15 is 0 Å². The maximum absolute atomic E-state index is 13.3. The zero-order chi connectivity index (χ0) is 23.3. The van der Waals surface area contributed by atoms with E-state index in [0.29, 0.717) is 17.3 Å². The van der Waals surface area contributed by atoms with Gasteiger partial charge < -0.3 is 4.42 Å². The van der Waals surface area contributed by atoms with Crippen molar-refractivity contribution in [1.29, 1.82) is 0 Å². The Bertz CT molecular complexity index is 1330. The van der Waals surface area contributed by atoms with Crippen molar-refractivity contribution in [2.45, 2.75) is 18.6 Å². The molecule has 0 aliphatic carbocycles. The number of carbonyl (C=O) groups is 1. The lowest BCUT2D eigenvalue weighted by Crippen LogP contribution is -2.32. The second kappa shape index (κ2) is 9.93. The lowest BCUT2D eigenvalue weighted by atomic mass is 10.1. The molecule has 1 aliphatic rings. The number of hydrogen-bond acceptors (Lipinski definition) is 5. The van der Waals surface area contributed by atoms with Crippen molar-refractivity contribution in [2.24, 2.45) is 10.2 Å². The number of rotatable bonds is 6. The van der Waals surface area contributed by atoms with Crippen LogP contribution in [0.25, 0.3) is 11.3 Å². The van der Waals surface area contributed by atoms with E-state index in [-0.39, 0.29) is 11.2 Å². The first kappa shape index (κ1) is 21.9. The van der Waals surface area contributed by atoms with Crippen molar-refractivity contribution >= 4 is 34.7 Å². The number of benzene rings is 3. The third-order valence-electron chi connectivity index (χ3n) is 5.50. The number of nitrogens with zero attached hydrogens (tertiary/aromatic N) is 3. The van der Waals surface area contributed by atoms with E-state index in [1.54, 1.807) is 11.1 Å². The third kappa shape index (κ3) is 4.87. The number of amidine groups is 1. The molecule has 1 amide bonds. The summed E-state index contributed by atoms with van der Waals surface area (Å²) in [6, 6.07) is 31.5. The summed E-state index contributed by atoms with van der Waals surface area (Å²) in [5.41, 5.74) is 4.10. The molecule has 5 rings (SSSR count). The molecule has 4 aromatic rings. The topological polar surface area (TPSA) is 58.2 Å². The highest BCUT2D eigenvalue weighted by atomic mass is 32.2. The van der Waals surface area contributed by atoms with Crippen LogP contribution in [0.2, 0.25) is 0 Å². The molecular weight excluding hydrogens is 442 g/mol. The van der Waals surface area contributed by atoms with Gasteiger partial charge in [0.2, 0.25) is 5.91 Å². The number of amides is 1. The van der Waals surface area contributed by atoms with Crippen LogP contribution < -0.4 is 4.90 Å². The number of aryl methyl sites for hydroxylation is 1. The van der Waals surface area contributed by atoms with Crippen LogP contribution in [0.4, 0.5) is 5.69 Å². The fraction of sp³-hybridized carbons (Fsp3) is 0.107. The monoisotopic (exact) mass is 465 g/mol. The molecule has 1 fully saturated rings. The Morgan fingerprint density at radius 1 is 0.912 bits per heavy atom. The fourth-order valence-electron chi connectivity index (χ4n) is 3.74. The predicted molar refractivity (Wildman–Crippen MR) is 139 cm³/mol. The summed E-state index contributed by atoms with van der Waals surface area (Å²) in [5, 5.41) is 8.96. The van der Waals surface area contributed by atoms with Gasteiger partial charge in [-0.3, -0.25) is 9.69 Å². The number of hydrogen-bond donors (Lipinski definition) is 0. The SMILES string of the molecule is Cc1ccc(-c2ccc(/C=N\N=C3/SC(Cc4ccccc4)C(=O)N3c3ccccc3)o2)cc1. The van der Waals surface area contributed by atoms with Gasteiger partial charge >= 0.3 is 0 Å². The molecule has 0 radical (unpaired) electrons. The van der Waals surface area contributed by atoms with E-state index in [1.165, 1.54) is 17.3 Å². The first-order chi connectivity index (χ1) is 16.7. The van der Waals surface area contributed by atoms with Crippen LogP contribution in [0.5, 0.6) is 0 Å². The third-order valence-corrected chi connectivity index (χ3v) is 6.63. The van der Waals surface area contributed by atoms with Gasteiger partial charge in [-0.1, -0.05) is 90.1 Å². The smallest absolute Gasteiger partial charge is 0.247 e. The van der Waals surface area contributed by atoms with Crippen LogP contribution in [0.15, 0.2) is 112 Å². The summed E-state index contributed by atoms with van der Waals surface area (Å²) in [6.45, 7) is 2.05. The summed E-state index contributed by atoms with van der Waals surface area (Å²) in [7, 11) is 0. The fourth-order valence-corrected chi connectivity index (χ4v) is 4.87. The maximum atomic E-state index is 13.3. The molecule has 2 heterocycles. The van der Waals surface area contributed by atoms with Crippen molar-refractivity contribution < 1.29 is 9.21 Å². The minimum absolute atomic E-state index is 0.00802. The average Bonchev–Trinajstić information content (AvgIpc) is 3.45. The zero-order valence-corrected chi connectivity index (χ0v) is 19.5. The van der Waals surface area contributed by atoms with Crippen molar-refractivity contribution in [2.75, 3.05) is 4.90 Å². The van der Waals surface area contributed by atoms with Crippen LogP contribution in [0, 0.1) is 6.92 Å². The second-order valence-corrected chi connectivity index (χ2v) is 9.17. The lowest BCUT2D eigenvalue weighted by molar-refractivity contribution is -0.116. The van der Waals surface area contributed by atoms with E-state index in [0.717, 1.165) is 22.6 Å². The summed E-state index contributed by atoms with van der Waals surface area (Å²) in [5.74, 6) is 1.38. The Hall–Kier alpha value is -3.90. The molecule has 6 heteroatoms. The number of anilines is 1. The molecule has 1 unspecified atom stereocenters. The minimum Gasteiger partial charge on any atom is -0.455 e. The molecule has 1 aromatic heterocycles. The van der Waals surface area contributed by atoms with Gasteiger partial charge in [-0.15, -0.1) is 5.10 Å². The Morgan fingerprint density at radius 3 is 2.35 bits per heavy atom. The highest BCUT2D eigenvalue weighted by Gasteiger charge is 2.39. The average molecular weight is 466 g/mol. The first-order valence-corrected chi connectivity index (χ1v) is 11.9. The van der Waals surface area contributed by atoms with Crippen LogP contribution >= 0.6 is 11.8 Å². The molecule has 0 spiro atoms. The van der Waals surface area contributed by atoms with E-state index in [2.05, 4.69) is 29.3 Å². The highest BCUT2D eigenvalue weighted by Crippen LogP contribution is 2.34. The normalized spacial score (nSPS) is 17.2. The lowest BCUT2D eigenvalue weighted by Gasteiger charge is -2.15. The van der Waals surface area contributed by atoms with Gasteiger partial charge in [-0.25, -0.2) is 0 Å². The standard InChI is InChI=1S/C28H23N3O2S/c1-20-12-14-22(15-13-20)25-17-16-24(33-25)19-29-30-28-31(23-10-6-3-7-11-23)27(32)26(34-28)18-21-8-4-2-5-9-21/h2-17,19,26H,18H2,1H3/b29-19-,30-28-. The summed E-state index contributed by atoms with van der Waals surface area (Å²) in [6.07, 6.45) is 2.21. The van der Waals surface area contributed by atoms with Gasteiger partial charge in [0.25, 0.3) is 0 Å². The van der Waals surface area contributed by atoms with Gasteiger partial charge in [0.15, 0.2) is 5.17 Å². The summed E-state index contributed by atoms with van der Waals surface area (Å²) >= 11 is 1.44. The van der Waals surface area contributed by atoms with E-state index < -0.39 is 0 Å². The van der Waals surface area contributed by atoms with Gasteiger partial charge in [0, 0.05) is 5.56 Å². The van der Waals surface area contributed by atoms with Crippen molar-refractivity contribution in [3.63, 3.8) is 0 Å². The molecule has 1 aliphatic heterocycles. The molecule has 0 N–H and O–H groups in total. The highest BCUT2D eigenvalue weighted by molar-refractivity contribution is 8.16. The van der Waals surface area contributed by atoms with E-state index in [9.17, 15) is 4.79 Å².